The van der Waals surface area contributed by atoms with E-state index in [1.54, 1.807) is 0 Å². The van der Waals surface area contributed by atoms with Crippen molar-refractivity contribution in [1.82, 2.24) is 4.98 Å². The summed E-state index contributed by atoms with van der Waals surface area (Å²) in [7, 11) is 0. The Kier molecular flexibility index (Phi) is 4.75. The second kappa shape index (κ2) is 7.14. The van der Waals surface area contributed by atoms with Crippen LogP contribution in [0, 0.1) is 19.3 Å². The molecular weight excluding hydrogens is 306 g/mol. The van der Waals surface area contributed by atoms with E-state index in [2.05, 4.69) is 37.0 Å². The van der Waals surface area contributed by atoms with E-state index >= 15 is 0 Å². The van der Waals surface area contributed by atoms with Crippen molar-refractivity contribution in [2.24, 2.45) is 0 Å². The van der Waals surface area contributed by atoms with Crippen LogP contribution in [-0.4, -0.2) is 11.2 Å². The fourth-order valence-electron chi connectivity index (χ4n) is 2.73. The first kappa shape index (κ1) is 16.7. The van der Waals surface area contributed by atoms with Crippen molar-refractivity contribution in [1.29, 1.82) is 5.41 Å². The molecule has 3 rings (SSSR count). The van der Waals surface area contributed by atoms with E-state index in [1.165, 1.54) is 6.21 Å². The maximum absolute atomic E-state index is 7.59. The van der Waals surface area contributed by atoms with Crippen LogP contribution in [0.15, 0.2) is 67.2 Å². The van der Waals surface area contributed by atoms with E-state index in [0.29, 0.717) is 5.70 Å². The van der Waals surface area contributed by atoms with E-state index in [0.717, 1.165) is 39.3 Å². The van der Waals surface area contributed by atoms with Gasteiger partial charge in [-0.05, 0) is 37.6 Å². The standard InChI is InChI=1S/C22H21N3/c1-15-9-11-21(19(13-15)14-23)24-17(3)20-12-10-16(2)22(25-20)18-7-5-4-6-8-18/h4-14,23-24H,3H2,1-2H3. The van der Waals surface area contributed by atoms with Gasteiger partial charge >= 0.3 is 0 Å². The highest BCUT2D eigenvalue weighted by atomic mass is 14.9. The number of benzene rings is 2. The third kappa shape index (κ3) is 3.66. The van der Waals surface area contributed by atoms with Crippen molar-refractivity contribution in [2.75, 3.05) is 5.32 Å². The molecule has 0 fully saturated rings. The molecule has 25 heavy (non-hydrogen) atoms. The predicted octanol–water partition coefficient (Wildman–Crippen LogP) is 5.45. The first-order valence-corrected chi connectivity index (χ1v) is 8.19. The van der Waals surface area contributed by atoms with Crippen LogP contribution in [0.4, 0.5) is 5.69 Å². The molecule has 3 aromatic rings. The lowest BCUT2D eigenvalue weighted by Crippen LogP contribution is -2.03. The molecule has 0 saturated carbocycles. The number of nitrogens with zero attached hydrogens (tertiary/aromatic N) is 1. The van der Waals surface area contributed by atoms with Crippen LogP contribution in [0.25, 0.3) is 17.0 Å². The third-order valence-corrected chi connectivity index (χ3v) is 4.10. The van der Waals surface area contributed by atoms with Gasteiger partial charge in [-0.2, -0.15) is 0 Å². The molecule has 0 spiro atoms. The van der Waals surface area contributed by atoms with Gasteiger partial charge in [-0.25, -0.2) is 4.98 Å². The number of hydrogen-bond acceptors (Lipinski definition) is 3. The minimum absolute atomic E-state index is 0.712. The molecule has 3 heteroatoms. The van der Waals surface area contributed by atoms with Crippen LogP contribution < -0.4 is 5.32 Å². The molecule has 0 radical (unpaired) electrons. The molecule has 1 aromatic heterocycles. The van der Waals surface area contributed by atoms with Crippen LogP contribution in [0.5, 0.6) is 0 Å². The summed E-state index contributed by atoms with van der Waals surface area (Å²) in [5.74, 6) is 0. The summed E-state index contributed by atoms with van der Waals surface area (Å²) in [5.41, 5.74) is 7.48. The van der Waals surface area contributed by atoms with Gasteiger partial charge < -0.3 is 10.7 Å². The quantitative estimate of drug-likeness (QED) is 0.612. The second-order valence-corrected chi connectivity index (χ2v) is 6.07. The fraction of sp³-hybridized carbons (Fsp3) is 0.0909. The number of rotatable bonds is 5. The van der Waals surface area contributed by atoms with Gasteiger partial charge in [0, 0.05) is 23.0 Å². The van der Waals surface area contributed by atoms with Crippen molar-refractivity contribution in [2.45, 2.75) is 13.8 Å². The van der Waals surface area contributed by atoms with Crippen molar-refractivity contribution in [3.8, 4) is 11.3 Å². The Labute approximate surface area is 148 Å². The van der Waals surface area contributed by atoms with Gasteiger partial charge in [0.05, 0.1) is 17.1 Å². The van der Waals surface area contributed by atoms with Crippen LogP contribution >= 0.6 is 0 Å². The summed E-state index contributed by atoms with van der Waals surface area (Å²) in [5, 5.41) is 10.9. The Balaban J connectivity index is 1.92. The number of nitrogens with one attached hydrogen (secondary N) is 2. The van der Waals surface area contributed by atoms with Gasteiger partial charge in [-0.3, -0.25) is 0 Å². The lowest BCUT2D eigenvalue weighted by atomic mass is 10.1. The van der Waals surface area contributed by atoms with Gasteiger partial charge in [-0.15, -0.1) is 0 Å². The number of aromatic nitrogens is 1. The molecule has 0 unspecified atom stereocenters. The van der Waals surface area contributed by atoms with Gasteiger partial charge in [0.2, 0.25) is 0 Å². The Bertz CT molecular complexity index is 927. The number of aryl methyl sites for hydroxylation is 2. The monoisotopic (exact) mass is 327 g/mol. The molecular formula is C22H21N3. The lowest BCUT2D eigenvalue weighted by Gasteiger charge is -2.14. The zero-order chi connectivity index (χ0) is 17.8. The molecule has 1 heterocycles. The molecule has 2 aromatic carbocycles. The van der Waals surface area contributed by atoms with Crippen molar-refractivity contribution >= 4 is 17.6 Å². The van der Waals surface area contributed by atoms with Crippen LogP contribution in [-0.2, 0) is 0 Å². The summed E-state index contributed by atoms with van der Waals surface area (Å²) < 4.78 is 0. The first-order valence-electron chi connectivity index (χ1n) is 8.19. The van der Waals surface area contributed by atoms with Crippen molar-refractivity contribution < 1.29 is 0 Å². The molecule has 0 aliphatic heterocycles. The molecule has 0 aliphatic rings. The van der Waals surface area contributed by atoms with Crippen LogP contribution in [0.2, 0.25) is 0 Å². The molecule has 3 nitrogen and oxygen atoms in total. The minimum Gasteiger partial charge on any atom is -0.354 e. The average Bonchev–Trinajstić information content (AvgIpc) is 2.64. The Morgan fingerprint density at radius 3 is 2.52 bits per heavy atom. The Morgan fingerprint density at radius 2 is 1.80 bits per heavy atom. The maximum atomic E-state index is 7.59. The zero-order valence-corrected chi connectivity index (χ0v) is 14.5. The lowest BCUT2D eigenvalue weighted by molar-refractivity contribution is 1.23. The molecule has 0 aliphatic carbocycles. The number of hydrogen-bond donors (Lipinski definition) is 2. The summed E-state index contributed by atoms with van der Waals surface area (Å²) in [6.45, 7) is 8.20. The highest BCUT2D eigenvalue weighted by Gasteiger charge is 2.09. The predicted molar refractivity (Wildman–Crippen MR) is 106 cm³/mol. The highest BCUT2D eigenvalue weighted by molar-refractivity contribution is 5.89. The fourth-order valence-corrected chi connectivity index (χ4v) is 2.73. The smallest absolute Gasteiger partial charge is 0.0866 e. The molecule has 0 atom stereocenters. The normalized spacial score (nSPS) is 10.3. The van der Waals surface area contributed by atoms with E-state index in [-0.39, 0.29) is 0 Å². The highest BCUT2D eigenvalue weighted by Crippen LogP contribution is 2.25. The van der Waals surface area contributed by atoms with Gasteiger partial charge in [0.15, 0.2) is 0 Å². The Morgan fingerprint density at radius 1 is 1.04 bits per heavy atom. The summed E-state index contributed by atoms with van der Waals surface area (Å²) in [6.07, 6.45) is 1.35. The largest absolute Gasteiger partial charge is 0.354 e. The molecule has 124 valence electrons. The van der Waals surface area contributed by atoms with E-state index < -0.39 is 0 Å². The van der Waals surface area contributed by atoms with Crippen molar-refractivity contribution in [3.05, 3.63) is 89.6 Å². The summed E-state index contributed by atoms with van der Waals surface area (Å²) >= 11 is 0. The van der Waals surface area contributed by atoms with Gasteiger partial charge in [0.25, 0.3) is 0 Å². The molecule has 0 bridgehead atoms. The summed E-state index contributed by atoms with van der Waals surface area (Å²) in [4.78, 5) is 4.79. The topological polar surface area (TPSA) is 48.8 Å². The first-order chi connectivity index (χ1) is 12.1. The average molecular weight is 327 g/mol. The number of anilines is 1. The van der Waals surface area contributed by atoms with E-state index in [9.17, 15) is 0 Å². The van der Waals surface area contributed by atoms with Crippen LogP contribution in [0.3, 0.4) is 0 Å². The molecule has 0 amide bonds. The maximum Gasteiger partial charge on any atom is 0.0866 e. The number of pyridine rings is 1. The Hall–Kier alpha value is -3.20. The van der Waals surface area contributed by atoms with E-state index in [1.807, 2.05) is 49.4 Å². The van der Waals surface area contributed by atoms with Crippen molar-refractivity contribution in [3.63, 3.8) is 0 Å². The van der Waals surface area contributed by atoms with E-state index in [4.69, 9.17) is 10.4 Å². The van der Waals surface area contributed by atoms with Gasteiger partial charge in [0.1, 0.15) is 0 Å². The molecule has 2 N–H and O–H groups in total. The minimum atomic E-state index is 0.712. The zero-order valence-electron chi connectivity index (χ0n) is 14.5. The summed E-state index contributed by atoms with van der Waals surface area (Å²) in [6, 6.07) is 20.1. The third-order valence-electron chi connectivity index (χ3n) is 4.10. The van der Waals surface area contributed by atoms with Crippen LogP contribution in [0.1, 0.15) is 22.4 Å². The molecule has 0 saturated heterocycles. The van der Waals surface area contributed by atoms with Gasteiger partial charge in [-0.1, -0.05) is 54.6 Å². The SMILES string of the molecule is C=C(Nc1ccc(C)cc1C=N)c1ccc(C)c(-c2ccccc2)n1. The second-order valence-electron chi connectivity index (χ2n) is 6.07.